The van der Waals surface area contributed by atoms with Crippen molar-refractivity contribution in [1.82, 2.24) is 14.9 Å². The maximum absolute atomic E-state index is 14.3. The second-order valence-electron chi connectivity index (χ2n) is 8.21. The number of hydrogen-bond acceptors (Lipinski definition) is 7. The molecule has 2 unspecified atom stereocenters. The van der Waals surface area contributed by atoms with Crippen molar-refractivity contribution in [2.24, 2.45) is 0 Å². The smallest absolute Gasteiger partial charge is 0.318 e. The molecule has 1 aromatic heterocycles. The van der Waals surface area contributed by atoms with Crippen molar-refractivity contribution in [1.29, 1.82) is 0 Å². The molecule has 2 aromatic carbocycles. The van der Waals surface area contributed by atoms with Crippen LogP contribution in [0.1, 0.15) is 20.3 Å². The van der Waals surface area contributed by atoms with Crippen molar-refractivity contribution in [2.45, 2.75) is 32.5 Å². The Morgan fingerprint density at radius 1 is 1.15 bits per heavy atom. The lowest BCUT2D eigenvalue weighted by molar-refractivity contribution is -0.0686. The number of ether oxygens (including phenoxy) is 3. The van der Waals surface area contributed by atoms with Gasteiger partial charge in [-0.25, -0.2) is 4.39 Å². The van der Waals surface area contributed by atoms with Gasteiger partial charge < -0.3 is 19.5 Å². The maximum Gasteiger partial charge on any atom is 0.318 e. The Hall–Kier alpha value is -2.68. The quantitative estimate of drug-likeness (QED) is 0.458. The number of nitrogens with one attached hydrogen (secondary N) is 1. The van der Waals surface area contributed by atoms with Gasteiger partial charge in [0.15, 0.2) is 0 Å². The average molecular weight is 475 g/mol. The zero-order valence-electron chi connectivity index (χ0n) is 19.0. The first kappa shape index (κ1) is 23.5. The van der Waals surface area contributed by atoms with Crippen LogP contribution in [0.15, 0.2) is 36.4 Å². The molecular formula is C24H28ClFN4O3. The van der Waals surface area contributed by atoms with Crippen LogP contribution in [-0.4, -0.2) is 60.4 Å². The van der Waals surface area contributed by atoms with Gasteiger partial charge in [0, 0.05) is 36.1 Å². The topological polar surface area (TPSA) is 68.7 Å². The molecule has 2 atom stereocenters. The van der Waals surface area contributed by atoms with Crippen molar-refractivity contribution in [2.75, 3.05) is 38.7 Å². The van der Waals surface area contributed by atoms with E-state index >= 15 is 0 Å². The summed E-state index contributed by atoms with van der Waals surface area (Å²) in [5, 5.41) is 4.05. The predicted octanol–water partition coefficient (Wildman–Crippen LogP) is 5.05. The van der Waals surface area contributed by atoms with Crippen molar-refractivity contribution in [3.63, 3.8) is 0 Å². The van der Waals surface area contributed by atoms with Crippen LogP contribution in [0.4, 0.5) is 15.9 Å². The van der Waals surface area contributed by atoms with Crippen LogP contribution in [0.5, 0.6) is 11.8 Å². The van der Waals surface area contributed by atoms with Gasteiger partial charge in [0.25, 0.3) is 0 Å². The number of fused-ring (bicyclic) bond motifs is 1. The summed E-state index contributed by atoms with van der Waals surface area (Å²) >= 11 is 5.85. The summed E-state index contributed by atoms with van der Waals surface area (Å²) in [4.78, 5) is 11.2. The van der Waals surface area contributed by atoms with E-state index in [1.165, 1.54) is 13.2 Å². The molecule has 1 N–H and O–H groups in total. The van der Waals surface area contributed by atoms with Crippen LogP contribution in [0.25, 0.3) is 10.9 Å². The molecule has 0 radical (unpaired) electrons. The lowest BCUT2D eigenvalue weighted by Gasteiger charge is -2.35. The second kappa shape index (κ2) is 10.5. The third kappa shape index (κ3) is 6.01. The predicted molar refractivity (Wildman–Crippen MR) is 127 cm³/mol. The normalized spacial score (nSPS) is 18.9. The summed E-state index contributed by atoms with van der Waals surface area (Å²) in [7, 11) is 1.49. The number of nitrogens with zero attached hydrogens (tertiary/aromatic N) is 3. The van der Waals surface area contributed by atoms with Gasteiger partial charge in [-0.05, 0) is 50.6 Å². The number of rotatable bonds is 8. The molecule has 9 heteroatoms. The molecule has 0 saturated carbocycles. The van der Waals surface area contributed by atoms with E-state index in [1.54, 1.807) is 12.1 Å². The van der Waals surface area contributed by atoms with Crippen LogP contribution in [0.2, 0.25) is 5.02 Å². The molecule has 33 heavy (non-hydrogen) atoms. The molecular weight excluding hydrogens is 447 g/mol. The summed E-state index contributed by atoms with van der Waals surface area (Å²) in [6.45, 7) is 7.66. The first-order valence-electron chi connectivity index (χ1n) is 11.0. The summed E-state index contributed by atoms with van der Waals surface area (Å²) in [6, 6.07) is 10.1. The largest absolute Gasteiger partial charge is 0.493 e. The third-order valence-corrected chi connectivity index (χ3v) is 5.63. The lowest BCUT2D eigenvalue weighted by atomic mass is 10.2. The fourth-order valence-corrected chi connectivity index (χ4v) is 4.19. The molecule has 0 aliphatic carbocycles. The van der Waals surface area contributed by atoms with Crippen molar-refractivity contribution < 1.29 is 18.6 Å². The number of methoxy groups -OCH3 is 1. The molecule has 4 rings (SSSR count). The molecule has 3 aromatic rings. The van der Waals surface area contributed by atoms with Crippen LogP contribution in [0, 0.1) is 5.82 Å². The van der Waals surface area contributed by atoms with Gasteiger partial charge in [0.2, 0.25) is 0 Å². The number of morpholine rings is 1. The molecule has 1 aliphatic rings. The van der Waals surface area contributed by atoms with E-state index < -0.39 is 5.82 Å². The Balaban J connectivity index is 1.44. The van der Waals surface area contributed by atoms with Gasteiger partial charge in [-0.3, -0.25) is 4.90 Å². The van der Waals surface area contributed by atoms with Crippen molar-refractivity contribution in [3.05, 3.63) is 47.2 Å². The van der Waals surface area contributed by atoms with E-state index in [2.05, 4.69) is 34.0 Å². The Kier molecular flexibility index (Phi) is 7.47. The second-order valence-corrected chi connectivity index (χ2v) is 8.64. The number of anilines is 2. The Morgan fingerprint density at radius 2 is 1.94 bits per heavy atom. The Morgan fingerprint density at radius 3 is 2.67 bits per heavy atom. The number of halogens is 2. The standard InChI is InChI=1S/C24H28ClFN4O3/c1-15-13-30(14-16(2)33-15)9-4-10-32-18-6-7-19-22(12-18)28-24(31-3)29-23(19)27-21-8-5-17(25)11-20(21)26/h5-8,11-12,15-16H,4,9-10,13-14H2,1-3H3,(H,27,28,29). The highest BCUT2D eigenvalue weighted by molar-refractivity contribution is 6.30. The van der Waals surface area contributed by atoms with Gasteiger partial charge >= 0.3 is 6.01 Å². The summed E-state index contributed by atoms with van der Waals surface area (Å²) in [6.07, 6.45) is 1.43. The fraction of sp³-hybridized carbons (Fsp3) is 0.417. The van der Waals surface area contributed by atoms with E-state index in [9.17, 15) is 4.39 Å². The molecule has 2 heterocycles. The van der Waals surface area contributed by atoms with Crippen LogP contribution in [0.3, 0.4) is 0 Å². The van der Waals surface area contributed by atoms with Gasteiger partial charge in [-0.15, -0.1) is 0 Å². The minimum atomic E-state index is -0.475. The minimum absolute atomic E-state index is 0.173. The Bertz CT molecular complexity index is 1110. The lowest BCUT2D eigenvalue weighted by Crippen LogP contribution is -2.45. The molecule has 1 aliphatic heterocycles. The van der Waals surface area contributed by atoms with Crippen LogP contribution >= 0.6 is 11.6 Å². The van der Waals surface area contributed by atoms with Gasteiger partial charge in [-0.1, -0.05) is 11.6 Å². The molecule has 0 spiro atoms. The zero-order valence-corrected chi connectivity index (χ0v) is 19.7. The van der Waals surface area contributed by atoms with E-state index in [0.29, 0.717) is 34.1 Å². The van der Waals surface area contributed by atoms with E-state index in [0.717, 1.165) is 26.1 Å². The van der Waals surface area contributed by atoms with Crippen LogP contribution < -0.4 is 14.8 Å². The van der Waals surface area contributed by atoms with E-state index in [4.69, 9.17) is 25.8 Å². The summed E-state index contributed by atoms with van der Waals surface area (Å²) in [5.74, 6) is 0.660. The van der Waals surface area contributed by atoms with E-state index in [1.807, 2.05) is 18.2 Å². The fourth-order valence-electron chi connectivity index (χ4n) is 4.03. The van der Waals surface area contributed by atoms with Crippen LogP contribution in [-0.2, 0) is 4.74 Å². The summed E-state index contributed by atoms with van der Waals surface area (Å²) in [5.41, 5.74) is 0.889. The number of benzene rings is 2. The third-order valence-electron chi connectivity index (χ3n) is 5.40. The molecule has 1 saturated heterocycles. The minimum Gasteiger partial charge on any atom is -0.493 e. The molecule has 0 bridgehead atoms. The average Bonchev–Trinajstić information content (AvgIpc) is 2.77. The monoisotopic (exact) mass is 474 g/mol. The molecule has 7 nitrogen and oxygen atoms in total. The highest BCUT2D eigenvalue weighted by Crippen LogP contribution is 2.30. The first-order valence-corrected chi connectivity index (χ1v) is 11.4. The number of aromatic nitrogens is 2. The molecule has 1 fully saturated rings. The Labute approximate surface area is 197 Å². The summed E-state index contributed by atoms with van der Waals surface area (Å²) < 4.78 is 31.3. The van der Waals surface area contributed by atoms with Gasteiger partial charge in [0.05, 0.1) is 37.1 Å². The van der Waals surface area contributed by atoms with Gasteiger partial charge in [-0.2, -0.15) is 9.97 Å². The maximum atomic E-state index is 14.3. The highest BCUT2D eigenvalue weighted by atomic mass is 35.5. The zero-order chi connectivity index (χ0) is 23.4. The van der Waals surface area contributed by atoms with E-state index in [-0.39, 0.29) is 23.9 Å². The highest BCUT2D eigenvalue weighted by Gasteiger charge is 2.21. The number of hydrogen-bond donors (Lipinski definition) is 1. The van der Waals surface area contributed by atoms with Crippen molar-refractivity contribution >= 4 is 34.0 Å². The SMILES string of the molecule is COc1nc(Nc2ccc(Cl)cc2F)c2ccc(OCCCN3CC(C)OC(C)C3)cc2n1. The molecule has 0 amide bonds. The first-order chi connectivity index (χ1) is 15.9. The van der Waals surface area contributed by atoms with Gasteiger partial charge in [0.1, 0.15) is 17.4 Å². The van der Waals surface area contributed by atoms with Crippen molar-refractivity contribution in [3.8, 4) is 11.8 Å². The molecule has 176 valence electrons.